The van der Waals surface area contributed by atoms with Gasteiger partial charge in [0.15, 0.2) is 11.3 Å². The van der Waals surface area contributed by atoms with Gasteiger partial charge in [-0.25, -0.2) is 0 Å². The fourth-order valence-corrected chi connectivity index (χ4v) is 2.08. The number of hydrogen-bond acceptors (Lipinski definition) is 5. The predicted octanol–water partition coefficient (Wildman–Crippen LogP) is 4.09. The average molecular weight is 372 g/mol. The van der Waals surface area contributed by atoms with Gasteiger partial charge in [0.05, 0.1) is 28.0 Å². The van der Waals surface area contributed by atoms with E-state index in [9.17, 15) is 23.1 Å². The Hall–Kier alpha value is -2.99. The summed E-state index contributed by atoms with van der Waals surface area (Å²) in [6, 6.07) is 3.82. The third-order valence-corrected chi connectivity index (χ3v) is 3.44. The molecule has 0 aliphatic carbocycles. The van der Waals surface area contributed by atoms with Crippen LogP contribution in [0.3, 0.4) is 0 Å². The first-order valence-corrected chi connectivity index (χ1v) is 6.96. The number of aliphatic hydroxyl groups is 1. The van der Waals surface area contributed by atoms with Crippen LogP contribution in [0.15, 0.2) is 34.5 Å². The van der Waals surface area contributed by atoms with Crippen molar-refractivity contribution in [3.8, 4) is 6.07 Å². The molecule has 130 valence electrons. The summed E-state index contributed by atoms with van der Waals surface area (Å²) in [5.74, 6) is -1.56. The van der Waals surface area contributed by atoms with Gasteiger partial charge in [-0.3, -0.25) is 4.79 Å². The third kappa shape index (κ3) is 3.92. The standard InChI is InChI=1S/C15H9ClF3N3O3/c1-7-10(6-21-25-7)13(23)9(5-20)14(24)22-12-3-2-8(4-11(12)16)15(17,18)19/h2-4,6,23H,1H3,(H,22,24). The van der Waals surface area contributed by atoms with E-state index in [2.05, 4.69) is 10.5 Å². The maximum absolute atomic E-state index is 12.6. The molecule has 25 heavy (non-hydrogen) atoms. The minimum Gasteiger partial charge on any atom is -0.506 e. The number of aromatic nitrogens is 1. The van der Waals surface area contributed by atoms with Crippen molar-refractivity contribution in [2.75, 3.05) is 5.32 Å². The van der Waals surface area contributed by atoms with Crippen LogP contribution in [0.25, 0.3) is 5.76 Å². The van der Waals surface area contributed by atoms with Gasteiger partial charge in [0.1, 0.15) is 11.8 Å². The first-order valence-electron chi connectivity index (χ1n) is 6.58. The highest BCUT2D eigenvalue weighted by atomic mass is 35.5. The number of hydrogen-bond donors (Lipinski definition) is 2. The summed E-state index contributed by atoms with van der Waals surface area (Å²) in [4.78, 5) is 12.1. The van der Waals surface area contributed by atoms with Gasteiger partial charge in [-0.15, -0.1) is 0 Å². The molecule has 0 atom stereocenters. The molecule has 0 spiro atoms. The molecule has 1 aromatic carbocycles. The molecule has 0 aliphatic rings. The lowest BCUT2D eigenvalue weighted by Crippen LogP contribution is -2.16. The highest BCUT2D eigenvalue weighted by Crippen LogP contribution is 2.34. The summed E-state index contributed by atoms with van der Waals surface area (Å²) < 4.78 is 42.5. The normalized spacial score (nSPS) is 12.3. The van der Waals surface area contributed by atoms with E-state index in [1.165, 1.54) is 13.0 Å². The molecule has 0 unspecified atom stereocenters. The first-order chi connectivity index (χ1) is 11.6. The number of benzene rings is 1. The largest absolute Gasteiger partial charge is 0.506 e. The van der Waals surface area contributed by atoms with Crippen LogP contribution in [0.1, 0.15) is 16.9 Å². The number of nitrogens with one attached hydrogen (secondary N) is 1. The van der Waals surface area contributed by atoms with Crippen LogP contribution < -0.4 is 5.32 Å². The average Bonchev–Trinajstić information content (AvgIpc) is 2.95. The van der Waals surface area contributed by atoms with Gasteiger partial charge in [0.2, 0.25) is 0 Å². The maximum Gasteiger partial charge on any atom is 0.416 e. The zero-order chi connectivity index (χ0) is 18.8. The summed E-state index contributed by atoms with van der Waals surface area (Å²) in [5.41, 5.74) is -1.79. The van der Waals surface area contributed by atoms with E-state index in [1.807, 2.05) is 0 Å². The lowest BCUT2D eigenvalue weighted by molar-refractivity contribution is -0.137. The van der Waals surface area contributed by atoms with Crippen LogP contribution >= 0.6 is 11.6 Å². The van der Waals surface area contributed by atoms with E-state index in [1.54, 1.807) is 0 Å². The number of anilines is 1. The molecule has 10 heteroatoms. The van der Waals surface area contributed by atoms with E-state index >= 15 is 0 Å². The van der Waals surface area contributed by atoms with E-state index in [0.717, 1.165) is 18.3 Å². The predicted molar refractivity (Wildman–Crippen MR) is 81.5 cm³/mol. The van der Waals surface area contributed by atoms with Gasteiger partial charge in [-0.1, -0.05) is 16.8 Å². The highest BCUT2D eigenvalue weighted by Gasteiger charge is 2.31. The van der Waals surface area contributed by atoms with E-state index in [-0.39, 0.29) is 22.0 Å². The summed E-state index contributed by atoms with van der Waals surface area (Å²) in [5, 5.41) is 24.3. The molecule has 1 aromatic heterocycles. The molecule has 0 fully saturated rings. The first kappa shape index (κ1) is 18.4. The Labute approximate surface area is 144 Å². The van der Waals surface area contributed by atoms with Crippen molar-refractivity contribution >= 4 is 29.0 Å². The Balaban J connectivity index is 2.33. The molecule has 0 saturated carbocycles. The highest BCUT2D eigenvalue weighted by molar-refractivity contribution is 6.34. The molecular formula is C15H9ClF3N3O3. The molecule has 0 saturated heterocycles. The summed E-state index contributed by atoms with van der Waals surface area (Å²) in [6.07, 6.45) is -3.48. The monoisotopic (exact) mass is 371 g/mol. The second kappa shape index (κ2) is 6.86. The number of alkyl halides is 3. The molecule has 6 nitrogen and oxygen atoms in total. The molecule has 0 aliphatic heterocycles. The van der Waals surface area contributed by atoms with Gasteiger partial charge < -0.3 is 14.9 Å². The van der Waals surface area contributed by atoms with Crippen LogP contribution in [-0.4, -0.2) is 16.2 Å². The Morgan fingerprint density at radius 2 is 2.12 bits per heavy atom. The van der Waals surface area contributed by atoms with Gasteiger partial charge in [0.25, 0.3) is 5.91 Å². The molecule has 0 radical (unpaired) electrons. The number of rotatable bonds is 3. The van der Waals surface area contributed by atoms with Crippen molar-refractivity contribution in [2.24, 2.45) is 0 Å². The number of carbonyl (C=O) groups is 1. The lowest BCUT2D eigenvalue weighted by Gasteiger charge is -2.11. The number of carbonyl (C=O) groups excluding carboxylic acids is 1. The van der Waals surface area contributed by atoms with Crippen LogP contribution in [-0.2, 0) is 11.0 Å². The van der Waals surface area contributed by atoms with Crippen LogP contribution in [0.4, 0.5) is 18.9 Å². The van der Waals surface area contributed by atoms with Crippen molar-refractivity contribution in [3.63, 3.8) is 0 Å². The molecule has 0 bridgehead atoms. The molecular weight excluding hydrogens is 363 g/mol. The lowest BCUT2D eigenvalue weighted by atomic mass is 10.1. The fourth-order valence-electron chi connectivity index (χ4n) is 1.85. The Morgan fingerprint density at radius 1 is 1.44 bits per heavy atom. The van der Waals surface area contributed by atoms with Crippen LogP contribution in [0, 0.1) is 18.3 Å². The molecule has 2 N–H and O–H groups in total. The second-order valence-electron chi connectivity index (χ2n) is 4.78. The van der Waals surface area contributed by atoms with Gasteiger partial charge in [-0.2, -0.15) is 18.4 Å². The Bertz CT molecular complexity index is 897. The van der Waals surface area contributed by atoms with Crippen molar-refractivity contribution in [3.05, 3.63) is 51.9 Å². The number of nitriles is 1. The van der Waals surface area contributed by atoms with Gasteiger partial charge >= 0.3 is 6.18 Å². The number of nitrogens with zero attached hydrogens (tertiary/aromatic N) is 2. The van der Waals surface area contributed by atoms with E-state index in [4.69, 9.17) is 21.4 Å². The zero-order valence-corrected chi connectivity index (χ0v) is 13.2. The fraction of sp³-hybridized carbons (Fsp3) is 0.133. The van der Waals surface area contributed by atoms with Crippen molar-refractivity contribution in [1.29, 1.82) is 5.26 Å². The summed E-state index contributed by atoms with van der Waals surface area (Å²) in [6.45, 7) is 1.46. The molecule has 2 aromatic rings. The Morgan fingerprint density at radius 3 is 2.60 bits per heavy atom. The third-order valence-electron chi connectivity index (χ3n) is 3.13. The summed E-state index contributed by atoms with van der Waals surface area (Å²) >= 11 is 5.73. The SMILES string of the molecule is Cc1oncc1C(O)=C(C#N)C(=O)Nc1ccc(C(F)(F)F)cc1Cl. The molecule has 1 heterocycles. The second-order valence-corrected chi connectivity index (χ2v) is 5.18. The van der Waals surface area contributed by atoms with E-state index < -0.39 is 29.0 Å². The maximum atomic E-state index is 12.6. The number of amides is 1. The number of aliphatic hydroxyl groups excluding tert-OH is 1. The smallest absolute Gasteiger partial charge is 0.416 e. The van der Waals surface area contributed by atoms with Crippen LogP contribution in [0.5, 0.6) is 0 Å². The van der Waals surface area contributed by atoms with Crippen molar-refractivity contribution < 1.29 is 27.6 Å². The van der Waals surface area contributed by atoms with Crippen molar-refractivity contribution in [1.82, 2.24) is 5.16 Å². The topological polar surface area (TPSA) is 99.2 Å². The quantitative estimate of drug-likeness (QED) is 0.481. The minimum absolute atomic E-state index is 0.0326. The number of halogens is 4. The molecule has 1 amide bonds. The van der Waals surface area contributed by atoms with Crippen molar-refractivity contribution in [2.45, 2.75) is 13.1 Å². The number of aryl methyl sites for hydroxylation is 1. The minimum atomic E-state index is -4.59. The van der Waals surface area contributed by atoms with E-state index in [0.29, 0.717) is 6.07 Å². The van der Waals surface area contributed by atoms with Gasteiger partial charge in [0, 0.05) is 0 Å². The van der Waals surface area contributed by atoms with Crippen LogP contribution in [0.2, 0.25) is 5.02 Å². The zero-order valence-electron chi connectivity index (χ0n) is 12.5. The van der Waals surface area contributed by atoms with Gasteiger partial charge in [-0.05, 0) is 25.1 Å². The Kier molecular flexibility index (Phi) is 5.04. The summed E-state index contributed by atoms with van der Waals surface area (Å²) in [7, 11) is 0. The molecule has 2 rings (SSSR count).